The van der Waals surface area contributed by atoms with Crippen molar-refractivity contribution >= 4 is 22.5 Å². The predicted octanol–water partition coefficient (Wildman–Crippen LogP) is 3.36. The molecule has 0 saturated carbocycles. The molecule has 4 nitrogen and oxygen atoms in total. The summed E-state index contributed by atoms with van der Waals surface area (Å²) in [4.78, 5) is 18.4. The molecule has 3 rings (SSSR count). The number of nitrogens with one attached hydrogen (secondary N) is 1. The van der Waals surface area contributed by atoms with Crippen LogP contribution in [0.1, 0.15) is 26.7 Å². The summed E-state index contributed by atoms with van der Waals surface area (Å²) in [5.74, 6) is 0.297. The van der Waals surface area contributed by atoms with E-state index in [1.807, 2.05) is 19.9 Å². The van der Waals surface area contributed by atoms with Crippen molar-refractivity contribution in [2.24, 2.45) is 11.8 Å². The van der Waals surface area contributed by atoms with Crippen LogP contribution in [0, 0.1) is 17.7 Å². The van der Waals surface area contributed by atoms with Gasteiger partial charge in [-0.3, -0.25) is 9.78 Å². The lowest BCUT2D eigenvalue weighted by atomic mass is 9.96. The number of rotatable bonds is 4. The highest BCUT2D eigenvalue weighted by atomic mass is 19.1. The molecular weight excluding hydrogens is 305 g/mol. The molecule has 1 fully saturated rings. The van der Waals surface area contributed by atoms with Crippen molar-refractivity contribution < 1.29 is 9.18 Å². The first-order valence-electron chi connectivity index (χ1n) is 8.61. The van der Waals surface area contributed by atoms with Gasteiger partial charge in [-0.15, -0.1) is 0 Å². The van der Waals surface area contributed by atoms with E-state index in [1.165, 1.54) is 12.1 Å². The van der Waals surface area contributed by atoms with Gasteiger partial charge in [0.1, 0.15) is 5.82 Å². The number of anilines is 1. The first kappa shape index (κ1) is 16.7. The second-order valence-corrected chi connectivity index (χ2v) is 6.85. The zero-order valence-electron chi connectivity index (χ0n) is 14.3. The van der Waals surface area contributed by atoms with Gasteiger partial charge >= 0.3 is 0 Å². The molecule has 0 radical (unpaired) electrons. The summed E-state index contributed by atoms with van der Waals surface area (Å²) >= 11 is 0. The third kappa shape index (κ3) is 3.66. The number of aromatic nitrogens is 1. The summed E-state index contributed by atoms with van der Waals surface area (Å²) in [6.45, 7) is 6.40. The van der Waals surface area contributed by atoms with Crippen LogP contribution in [0.4, 0.5) is 10.1 Å². The fraction of sp³-hybridized carbons (Fsp3) is 0.474. The lowest BCUT2D eigenvalue weighted by Crippen LogP contribution is -2.41. The first-order valence-corrected chi connectivity index (χ1v) is 8.61. The van der Waals surface area contributed by atoms with Crippen LogP contribution in [0.3, 0.4) is 0 Å². The lowest BCUT2D eigenvalue weighted by molar-refractivity contribution is -0.124. The topological polar surface area (TPSA) is 45.2 Å². The summed E-state index contributed by atoms with van der Waals surface area (Å²) in [5.41, 5.74) is 1.78. The third-order valence-electron chi connectivity index (χ3n) is 4.63. The summed E-state index contributed by atoms with van der Waals surface area (Å²) in [5, 5.41) is 4.02. The smallest absolute Gasteiger partial charge is 0.222 e. The number of pyridine rings is 1. The van der Waals surface area contributed by atoms with Gasteiger partial charge in [0, 0.05) is 48.9 Å². The Morgan fingerprint density at radius 2 is 2.25 bits per heavy atom. The van der Waals surface area contributed by atoms with Crippen LogP contribution in [0.2, 0.25) is 0 Å². The summed E-state index contributed by atoms with van der Waals surface area (Å²) in [6, 6.07) is 6.76. The van der Waals surface area contributed by atoms with Gasteiger partial charge in [0.05, 0.1) is 5.52 Å². The quantitative estimate of drug-likeness (QED) is 0.935. The van der Waals surface area contributed by atoms with E-state index in [-0.39, 0.29) is 17.6 Å². The molecule has 0 spiro atoms. The number of nitrogens with zero attached hydrogens (tertiary/aromatic N) is 2. The Morgan fingerprint density at radius 3 is 3.04 bits per heavy atom. The van der Waals surface area contributed by atoms with Gasteiger partial charge in [0.2, 0.25) is 5.91 Å². The molecular formula is C19H24FN3O. The van der Waals surface area contributed by atoms with E-state index < -0.39 is 0 Å². The Morgan fingerprint density at radius 1 is 1.42 bits per heavy atom. The maximum atomic E-state index is 13.4. The highest BCUT2D eigenvalue weighted by molar-refractivity contribution is 5.91. The van der Waals surface area contributed by atoms with Crippen molar-refractivity contribution in [2.45, 2.75) is 26.7 Å². The maximum absolute atomic E-state index is 13.4. The van der Waals surface area contributed by atoms with Crippen LogP contribution in [0.5, 0.6) is 0 Å². The van der Waals surface area contributed by atoms with Gasteiger partial charge in [0.15, 0.2) is 0 Å². The van der Waals surface area contributed by atoms with E-state index >= 15 is 0 Å². The third-order valence-corrected chi connectivity index (χ3v) is 4.63. The zero-order chi connectivity index (χ0) is 17.1. The van der Waals surface area contributed by atoms with Crippen LogP contribution in [0.15, 0.2) is 30.5 Å². The molecule has 0 unspecified atom stereocenters. The molecule has 24 heavy (non-hydrogen) atoms. The number of carbonyl (C=O) groups is 1. The second kappa shape index (κ2) is 7.16. The number of hydrogen-bond donors (Lipinski definition) is 1. The van der Waals surface area contributed by atoms with Gasteiger partial charge in [-0.1, -0.05) is 13.8 Å². The Kier molecular flexibility index (Phi) is 4.97. The number of fused-ring (bicyclic) bond motifs is 1. The molecule has 128 valence electrons. The second-order valence-electron chi connectivity index (χ2n) is 6.85. The molecule has 1 aromatic carbocycles. The summed E-state index contributed by atoms with van der Waals surface area (Å²) in [6.07, 6.45) is 3.95. The van der Waals surface area contributed by atoms with Crippen molar-refractivity contribution in [3.63, 3.8) is 0 Å². The number of piperidine rings is 1. The van der Waals surface area contributed by atoms with Crippen molar-refractivity contribution in [2.75, 3.05) is 24.5 Å². The van der Waals surface area contributed by atoms with E-state index in [2.05, 4.69) is 15.2 Å². The Bertz CT molecular complexity index is 732. The number of benzene rings is 1. The molecule has 2 aromatic rings. The number of carbonyl (C=O) groups excluding carboxylic acids is 1. The first-order chi connectivity index (χ1) is 11.5. The number of hydrogen-bond acceptors (Lipinski definition) is 3. The molecule has 2 heterocycles. The van der Waals surface area contributed by atoms with E-state index in [0.29, 0.717) is 18.0 Å². The van der Waals surface area contributed by atoms with Crippen molar-refractivity contribution in [3.8, 4) is 0 Å². The van der Waals surface area contributed by atoms with E-state index in [4.69, 9.17) is 0 Å². The molecule has 1 N–H and O–H groups in total. The van der Waals surface area contributed by atoms with E-state index in [0.717, 1.165) is 37.0 Å². The molecule has 0 bridgehead atoms. The van der Waals surface area contributed by atoms with Crippen molar-refractivity contribution in [3.05, 3.63) is 36.3 Å². The molecule has 1 aliphatic heterocycles. The molecule has 1 atom stereocenters. The van der Waals surface area contributed by atoms with Gasteiger partial charge in [0.25, 0.3) is 0 Å². The number of halogens is 1. The van der Waals surface area contributed by atoms with Crippen molar-refractivity contribution in [1.29, 1.82) is 0 Å². The minimum absolute atomic E-state index is 0.0173. The fourth-order valence-electron chi connectivity index (χ4n) is 3.28. The monoisotopic (exact) mass is 329 g/mol. The number of amides is 1. The molecule has 1 aliphatic rings. The highest BCUT2D eigenvalue weighted by Gasteiger charge is 2.22. The average molecular weight is 329 g/mol. The SMILES string of the molecule is CC(C)C(=O)NC[C@@H]1CCCN(c2ccnc3cc(F)ccc23)C1. The van der Waals surface area contributed by atoms with Crippen LogP contribution in [-0.4, -0.2) is 30.5 Å². The Labute approximate surface area is 142 Å². The predicted molar refractivity (Wildman–Crippen MR) is 94.5 cm³/mol. The van der Waals surface area contributed by atoms with Crippen LogP contribution < -0.4 is 10.2 Å². The Hall–Kier alpha value is -2.17. The van der Waals surface area contributed by atoms with Crippen molar-refractivity contribution in [1.82, 2.24) is 10.3 Å². The van der Waals surface area contributed by atoms with E-state index in [1.54, 1.807) is 12.3 Å². The lowest BCUT2D eigenvalue weighted by Gasteiger charge is -2.35. The molecule has 1 saturated heterocycles. The van der Waals surface area contributed by atoms with Crippen LogP contribution in [-0.2, 0) is 4.79 Å². The van der Waals surface area contributed by atoms with Gasteiger partial charge in [-0.2, -0.15) is 0 Å². The molecule has 5 heteroatoms. The Balaban J connectivity index is 1.74. The zero-order valence-corrected chi connectivity index (χ0v) is 14.3. The van der Waals surface area contributed by atoms with Gasteiger partial charge in [-0.05, 0) is 37.0 Å². The standard InChI is InChI=1S/C19H24FN3O/c1-13(2)19(24)22-11-14-4-3-9-23(12-14)18-7-8-21-17-10-15(20)5-6-16(17)18/h5-8,10,13-14H,3-4,9,11-12H2,1-2H3,(H,22,24)/t14-/m0/s1. The summed E-state index contributed by atoms with van der Waals surface area (Å²) < 4.78 is 13.4. The molecule has 0 aliphatic carbocycles. The van der Waals surface area contributed by atoms with Crippen LogP contribution in [0.25, 0.3) is 10.9 Å². The molecule has 1 aromatic heterocycles. The largest absolute Gasteiger partial charge is 0.371 e. The van der Waals surface area contributed by atoms with E-state index in [9.17, 15) is 9.18 Å². The van der Waals surface area contributed by atoms with Crippen LogP contribution >= 0.6 is 0 Å². The fourth-order valence-corrected chi connectivity index (χ4v) is 3.28. The summed E-state index contributed by atoms with van der Waals surface area (Å²) in [7, 11) is 0. The van der Waals surface area contributed by atoms with Gasteiger partial charge < -0.3 is 10.2 Å². The maximum Gasteiger partial charge on any atom is 0.222 e. The van der Waals surface area contributed by atoms with Gasteiger partial charge in [-0.25, -0.2) is 4.39 Å². The average Bonchev–Trinajstić information content (AvgIpc) is 2.59. The molecule has 1 amide bonds. The minimum Gasteiger partial charge on any atom is -0.371 e. The highest BCUT2D eigenvalue weighted by Crippen LogP contribution is 2.29. The normalized spacial score (nSPS) is 18.2. The minimum atomic E-state index is -0.264.